The maximum absolute atomic E-state index is 8.46. The molecule has 0 saturated heterocycles. The normalized spacial score (nSPS) is 2.40. The van der Waals surface area contributed by atoms with E-state index < -0.39 is 46.5 Å². The summed E-state index contributed by atoms with van der Waals surface area (Å²) in [6, 6.07) is 0. The second kappa shape index (κ2) is 45.3. The summed E-state index contributed by atoms with van der Waals surface area (Å²) in [6.45, 7) is 0. The number of hydrogen-bond donors (Lipinski definition) is 0. The number of hydrogen-bond acceptors (Lipinski definition) is 6. The minimum absolute atomic E-state index is 0. The van der Waals surface area contributed by atoms with Gasteiger partial charge in [-0.05, 0) is 0 Å². The molecule has 6 nitrogen and oxygen atoms in total. The Labute approximate surface area is 109 Å². The zero-order valence-electron chi connectivity index (χ0n) is 4.68. The Morgan fingerprint density at radius 3 is 0.700 bits per heavy atom. The summed E-state index contributed by atoms with van der Waals surface area (Å²) >= 11 is -5.25. The van der Waals surface area contributed by atoms with E-state index in [-0.39, 0.29) is 40.8 Å². The molecule has 0 spiro atoms. The molecule has 0 heterocycles. The first-order chi connectivity index (χ1) is 4.24. The van der Waals surface area contributed by atoms with Gasteiger partial charge < -0.3 is 0 Å². The molecule has 0 aromatic rings. The van der Waals surface area contributed by atoms with E-state index in [9.17, 15) is 0 Å². The SMILES string of the molecule is [Nd+3].[O]=[Al][O-].[O]=[Al][O-].[O]=[Al][O-]. The van der Waals surface area contributed by atoms with E-state index in [1.807, 2.05) is 0 Å². The van der Waals surface area contributed by atoms with Crippen LogP contribution in [-0.4, -0.2) is 46.5 Å². The zero-order chi connectivity index (χ0) is 8.12. The molecule has 0 aliphatic heterocycles. The van der Waals surface area contributed by atoms with Gasteiger partial charge in [-0.1, -0.05) is 0 Å². The minimum atomic E-state index is -1.75. The van der Waals surface area contributed by atoms with Crippen molar-refractivity contribution in [1.82, 2.24) is 0 Å². The average Bonchev–Trinajstić information content (AvgIpc) is 1.70. The van der Waals surface area contributed by atoms with Crippen molar-refractivity contribution in [2.45, 2.75) is 0 Å². The molecule has 0 unspecified atom stereocenters. The van der Waals surface area contributed by atoms with Gasteiger partial charge in [-0.15, -0.1) is 0 Å². The van der Waals surface area contributed by atoms with Gasteiger partial charge in [-0.2, -0.15) is 0 Å². The zero-order valence-corrected chi connectivity index (χ0v) is 11.4. The van der Waals surface area contributed by atoms with Crippen LogP contribution in [0.5, 0.6) is 0 Å². The topological polar surface area (TPSA) is 120 Å². The van der Waals surface area contributed by atoms with E-state index in [1.54, 1.807) is 0 Å². The molecule has 0 amide bonds. The fourth-order valence-electron chi connectivity index (χ4n) is 0. The molecule has 0 aliphatic carbocycles. The third kappa shape index (κ3) is 244. The van der Waals surface area contributed by atoms with Crippen LogP contribution >= 0.6 is 0 Å². The average molecular weight is 321 g/mol. The quantitative estimate of drug-likeness (QED) is 0.412. The van der Waals surface area contributed by atoms with Gasteiger partial charge in [0.25, 0.3) is 0 Å². The van der Waals surface area contributed by atoms with Crippen LogP contribution in [0.1, 0.15) is 0 Å². The van der Waals surface area contributed by atoms with E-state index >= 15 is 0 Å². The predicted octanol–water partition coefficient (Wildman–Crippen LogP) is -5.07. The van der Waals surface area contributed by atoms with Gasteiger partial charge in [0.05, 0.1) is 0 Å². The molecule has 0 bridgehead atoms. The van der Waals surface area contributed by atoms with Crippen molar-refractivity contribution in [1.29, 1.82) is 0 Å². The van der Waals surface area contributed by atoms with Crippen molar-refractivity contribution >= 4 is 46.5 Å². The molecule has 0 aromatic heterocycles. The van der Waals surface area contributed by atoms with Crippen molar-refractivity contribution in [3.8, 4) is 0 Å². The molecule has 0 fully saturated rings. The predicted molar refractivity (Wildman–Crippen MR) is 19.3 cm³/mol. The van der Waals surface area contributed by atoms with Gasteiger partial charge in [-0.25, -0.2) is 0 Å². The van der Waals surface area contributed by atoms with E-state index in [2.05, 4.69) is 0 Å². The molecule has 10 heavy (non-hydrogen) atoms. The molecular formula is Al3NdO6. The van der Waals surface area contributed by atoms with Crippen LogP contribution in [0.3, 0.4) is 0 Å². The second-order valence-electron chi connectivity index (χ2n) is 0.289. The third-order valence-corrected chi connectivity index (χ3v) is 0. The van der Waals surface area contributed by atoms with Crippen LogP contribution in [0.15, 0.2) is 0 Å². The van der Waals surface area contributed by atoms with Crippen molar-refractivity contribution in [2.75, 3.05) is 0 Å². The number of rotatable bonds is 0. The Morgan fingerprint density at radius 1 is 0.700 bits per heavy atom. The summed E-state index contributed by atoms with van der Waals surface area (Å²) in [5, 5.41) is 0. The van der Waals surface area contributed by atoms with Gasteiger partial charge in [0.15, 0.2) is 0 Å². The molecular weight excluding hydrogens is 321 g/mol. The molecule has 0 rings (SSSR count). The van der Waals surface area contributed by atoms with Gasteiger partial charge >= 0.3 is 111 Å². The van der Waals surface area contributed by atoms with Gasteiger partial charge in [0, 0.05) is 0 Å². The Balaban J connectivity index is -0.0000000257. The summed E-state index contributed by atoms with van der Waals surface area (Å²) < 4.78 is 50.8. The van der Waals surface area contributed by atoms with Gasteiger partial charge in [0.1, 0.15) is 0 Å². The summed E-state index contributed by atoms with van der Waals surface area (Å²) in [7, 11) is 0. The van der Waals surface area contributed by atoms with Crippen LogP contribution in [0.25, 0.3) is 0 Å². The summed E-state index contributed by atoms with van der Waals surface area (Å²) in [6.07, 6.45) is 0. The van der Waals surface area contributed by atoms with E-state index in [0.29, 0.717) is 0 Å². The molecule has 1 radical (unpaired) electrons. The van der Waals surface area contributed by atoms with E-state index in [0.717, 1.165) is 0 Å². The molecule has 49 valence electrons. The van der Waals surface area contributed by atoms with Crippen LogP contribution < -0.4 is 12.5 Å². The molecule has 10 heteroatoms. The summed E-state index contributed by atoms with van der Waals surface area (Å²) in [5.41, 5.74) is 0. The monoisotopic (exact) mass is 319 g/mol. The van der Waals surface area contributed by atoms with Crippen LogP contribution in [-0.2, 0) is 11.4 Å². The standard InChI is InChI=1S/3Al.Nd.6O/q;;;+3;;;;3*-1. The van der Waals surface area contributed by atoms with Crippen molar-refractivity contribution in [2.24, 2.45) is 0 Å². The Bertz CT molecular complexity index is 49.7. The molecule has 0 saturated carbocycles. The fourth-order valence-corrected chi connectivity index (χ4v) is 0. The first-order valence-corrected chi connectivity index (χ1v) is 4.24. The van der Waals surface area contributed by atoms with E-state index in [1.165, 1.54) is 0 Å². The molecule has 0 aromatic carbocycles. The van der Waals surface area contributed by atoms with Gasteiger partial charge in [-0.3, -0.25) is 0 Å². The second-order valence-corrected chi connectivity index (χ2v) is 0.866. The first-order valence-electron chi connectivity index (χ1n) is 1.41. The fraction of sp³-hybridized carbons (Fsp3) is 0. The van der Waals surface area contributed by atoms with Crippen LogP contribution in [0, 0.1) is 40.8 Å². The molecule has 0 N–H and O–H groups in total. The molecule has 0 atom stereocenters. The Kier molecular flexibility index (Phi) is 102. The summed E-state index contributed by atoms with van der Waals surface area (Å²) in [4.78, 5) is 0. The van der Waals surface area contributed by atoms with Crippen molar-refractivity contribution in [3.05, 3.63) is 0 Å². The Morgan fingerprint density at radius 2 is 0.700 bits per heavy atom. The summed E-state index contributed by atoms with van der Waals surface area (Å²) in [5.74, 6) is 0. The van der Waals surface area contributed by atoms with Crippen molar-refractivity contribution < 1.29 is 64.7 Å². The van der Waals surface area contributed by atoms with Crippen molar-refractivity contribution in [3.63, 3.8) is 0 Å². The molecule has 0 aliphatic rings. The third-order valence-electron chi connectivity index (χ3n) is 0. The maximum atomic E-state index is 8.46. The van der Waals surface area contributed by atoms with Gasteiger partial charge in [0.2, 0.25) is 0 Å². The first kappa shape index (κ1) is 22.6. The van der Waals surface area contributed by atoms with E-state index in [4.69, 9.17) is 23.9 Å². The Hall–Kier alpha value is 1.75. The van der Waals surface area contributed by atoms with Crippen LogP contribution in [0.2, 0.25) is 0 Å². The van der Waals surface area contributed by atoms with Crippen LogP contribution in [0.4, 0.5) is 0 Å².